The Morgan fingerprint density at radius 2 is 1.67 bits per heavy atom. The lowest BCUT2D eigenvalue weighted by molar-refractivity contribution is -0.205. The lowest BCUT2D eigenvalue weighted by Crippen LogP contribution is -2.62. The first-order valence-corrected chi connectivity index (χ1v) is 15.6. The Morgan fingerprint density at radius 3 is 2.21 bits per heavy atom. The predicted molar refractivity (Wildman–Crippen MR) is 144 cm³/mol. The zero-order valence-corrected chi connectivity index (χ0v) is 24.2. The SMILES string of the molecule is CC(F)(F)CC[C@H]1CSc2cc(OCC3(P(O)O)CC4(CC(F)(F)C4)C3)c(C(F)(F)F)cc2N(c2ccc(F)cc2)C1. The van der Waals surface area contributed by atoms with E-state index < -0.39 is 80.0 Å². The smallest absolute Gasteiger partial charge is 0.420 e. The summed E-state index contributed by atoms with van der Waals surface area (Å²) in [5.41, 5.74) is -1.36. The first kappa shape index (κ1) is 31.6. The highest BCUT2D eigenvalue weighted by Gasteiger charge is 2.69. The number of halogens is 8. The highest BCUT2D eigenvalue weighted by molar-refractivity contribution is 7.99. The van der Waals surface area contributed by atoms with Gasteiger partial charge in [0.25, 0.3) is 0 Å². The highest BCUT2D eigenvalue weighted by atomic mass is 32.2. The van der Waals surface area contributed by atoms with Gasteiger partial charge in [0.15, 0.2) is 8.38 Å². The van der Waals surface area contributed by atoms with Crippen molar-refractivity contribution in [2.75, 3.05) is 23.8 Å². The third-order valence-electron chi connectivity index (χ3n) is 8.30. The molecule has 14 heteroatoms. The normalized spacial score (nSPS) is 22.8. The van der Waals surface area contributed by atoms with Gasteiger partial charge in [0.1, 0.15) is 18.2 Å². The third-order valence-corrected chi connectivity index (χ3v) is 10.9. The number of benzene rings is 2. The van der Waals surface area contributed by atoms with E-state index in [2.05, 4.69) is 0 Å². The largest absolute Gasteiger partial charge is 0.492 e. The van der Waals surface area contributed by atoms with Gasteiger partial charge in [0.2, 0.25) is 11.8 Å². The van der Waals surface area contributed by atoms with Crippen molar-refractivity contribution >= 4 is 31.5 Å². The van der Waals surface area contributed by atoms with Crippen molar-refractivity contribution in [1.82, 2.24) is 0 Å². The molecule has 1 spiro atoms. The fraction of sp³-hybridized carbons (Fsp3) is 0.571. The molecule has 0 amide bonds. The standard InChI is InChI=1S/C28H30F8NO3PS/c1-24(30,31)7-6-17-10-37(19-4-2-18(29)3-5-19)21-8-20(28(34,35)36)22(9-23(21)42-11-17)40-16-26(41(38)39)12-25(13-26)14-27(32,33)15-25/h2-5,8-9,17,38-39H,6-7,10-16H2,1H3/t17-/m1/s1. The third kappa shape index (κ3) is 6.64. The maximum Gasteiger partial charge on any atom is 0.420 e. The number of hydrogen-bond donors (Lipinski definition) is 2. The Labute approximate surface area is 243 Å². The number of alkyl halides is 7. The second-order valence-corrected chi connectivity index (χ2v) is 14.6. The van der Waals surface area contributed by atoms with E-state index in [0.29, 0.717) is 16.3 Å². The van der Waals surface area contributed by atoms with E-state index in [-0.39, 0.29) is 37.4 Å². The Morgan fingerprint density at radius 1 is 1.02 bits per heavy atom. The molecule has 0 radical (unpaired) electrons. The molecule has 0 unspecified atom stereocenters. The molecule has 0 saturated heterocycles. The van der Waals surface area contributed by atoms with Crippen LogP contribution < -0.4 is 9.64 Å². The summed E-state index contributed by atoms with van der Waals surface area (Å²) in [6.45, 7) is 0.427. The molecule has 1 atom stereocenters. The lowest BCUT2D eigenvalue weighted by Gasteiger charge is -2.62. The van der Waals surface area contributed by atoms with E-state index in [4.69, 9.17) is 4.74 Å². The summed E-state index contributed by atoms with van der Waals surface area (Å²) >= 11 is 1.19. The summed E-state index contributed by atoms with van der Waals surface area (Å²) < 4.78 is 117. The van der Waals surface area contributed by atoms with Gasteiger partial charge < -0.3 is 19.4 Å². The van der Waals surface area contributed by atoms with Crippen LogP contribution in [0.2, 0.25) is 0 Å². The number of rotatable bonds is 8. The predicted octanol–water partition coefficient (Wildman–Crippen LogP) is 8.76. The van der Waals surface area contributed by atoms with Crippen LogP contribution in [0.4, 0.5) is 46.5 Å². The topological polar surface area (TPSA) is 52.9 Å². The van der Waals surface area contributed by atoms with Crippen LogP contribution in [-0.2, 0) is 6.18 Å². The molecule has 2 saturated carbocycles. The summed E-state index contributed by atoms with van der Waals surface area (Å²) in [7, 11) is -2.68. The molecule has 2 aliphatic carbocycles. The van der Waals surface area contributed by atoms with Gasteiger partial charge in [-0.2, -0.15) is 13.2 Å². The van der Waals surface area contributed by atoms with Crippen molar-refractivity contribution in [2.24, 2.45) is 11.3 Å². The van der Waals surface area contributed by atoms with Crippen LogP contribution >= 0.6 is 20.1 Å². The zero-order valence-electron chi connectivity index (χ0n) is 22.5. The fourth-order valence-electron chi connectivity index (χ4n) is 6.48. The van der Waals surface area contributed by atoms with E-state index in [1.165, 1.54) is 30.0 Å². The second kappa shape index (κ2) is 11.0. The van der Waals surface area contributed by atoms with Crippen LogP contribution in [-0.4, -0.2) is 45.7 Å². The summed E-state index contributed by atoms with van der Waals surface area (Å²) in [5.74, 6) is -6.86. The summed E-state index contributed by atoms with van der Waals surface area (Å²) in [6, 6.07) is 7.24. The molecule has 1 aliphatic heterocycles. The summed E-state index contributed by atoms with van der Waals surface area (Å²) in [4.78, 5) is 22.1. The number of anilines is 2. The van der Waals surface area contributed by atoms with Crippen LogP contribution in [0.5, 0.6) is 5.75 Å². The Kier molecular flexibility index (Phi) is 8.25. The molecule has 2 N–H and O–H groups in total. The van der Waals surface area contributed by atoms with E-state index in [1.807, 2.05) is 0 Å². The molecule has 0 bridgehead atoms. The molecule has 42 heavy (non-hydrogen) atoms. The molecular weight excluding hydrogens is 613 g/mol. The van der Waals surface area contributed by atoms with Crippen molar-refractivity contribution in [3.63, 3.8) is 0 Å². The van der Waals surface area contributed by atoms with Crippen LogP contribution in [0.3, 0.4) is 0 Å². The molecule has 5 rings (SSSR count). The van der Waals surface area contributed by atoms with Gasteiger partial charge in [0, 0.05) is 42.1 Å². The van der Waals surface area contributed by atoms with Crippen molar-refractivity contribution in [3.05, 3.63) is 47.8 Å². The quantitative estimate of drug-likeness (QED) is 0.223. The van der Waals surface area contributed by atoms with Crippen molar-refractivity contribution in [1.29, 1.82) is 0 Å². The molecule has 2 aromatic carbocycles. The number of hydrogen-bond acceptors (Lipinski definition) is 5. The maximum absolute atomic E-state index is 14.4. The van der Waals surface area contributed by atoms with E-state index in [9.17, 15) is 44.9 Å². The maximum atomic E-state index is 14.4. The van der Waals surface area contributed by atoms with Gasteiger partial charge in [-0.1, -0.05) is 0 Å². The zero-order chi connectivity index (χ0) is 30.7. The van der Waals surface area contributed by atoms with Crippen molar-refractivity contribution in [2.45, 2.75) is 73.5 Å². The second-order valence-electron chi connectivity index (χ2n) is 12.1. The minimum absolute atomic E-state index is 0.0113. The first-order chi connectivity index (χ1) is 19.4. The van der Waals surface area contributed by atoms with Gasteiger partial charge in [-0.3, -0.25) is 0 Å². The number of ether oxygens (including phenoxy) is 1. The number of fused-ring (bicyclic) bond motifs is 1. The van der Waals surface area contributed by atoms with Crippen LogP contribution in [0.15, 0.2) is 41.3 Å². The van der Waals surface area contributed by atoms with Crippen molar-refractivity contribution in [3.8, 4) is 5.75 Å². The number of thioether (sulfide) groups is 1. The minimum atomic E-state index is -4.88. The average molecular weight is 644 g/mol. The number of nitrogens with zero attached hydrogens (tertiary/aromatic N) is 1. The average Bonchev–Trinajstić information content (AvgIpc) is 3.01. The molecular formula is C28H30F8NO3PS. The van der Waals surface area contributed by atoms with Gasteiger partial charge in [0.05, 0.1) is 16.4 Å². The summed E-state index contributed by atoms with van der Waals surface area (Å²) in [6.07, 6.45) is -5.97. The van der Waals surface area contributed by atoms with E-state index >= 15 is 0 Å². The minimum Gasteiger partial charge on any atom is -0.492 e. The van der Waals surface area contributed by atoms with E-state index in [1.54, 1.807) is 4.90 Å². The van der Waals surface area contributed by atoms with Crippen molar-refractivity contribution < 1.29 is 49.6 Å². The Bertz CT molecular complexity index is 1290. The fourth-order valence-corrected chi connectivity index (χ4v) is 8.81. The van der Waals surface area contributed by atoms with Crippen LogP contribution in [0.25, 0.3) is 0 Å². The summed E-state index contributed by atoms with van der Waals surface area (Å²) in [5, 5.41) is -1.33. The van der Waals surface area contributed by atoms with Crippen LogP contribution in [0.1, 0.15) is 51.0 Å². The molecule has 232 valence electrons. The van der Waals surface area contributed by atoms with Gasteiger partial charge >= 0.3 is 6.18 Å². The molecule has 1 heterocycles. The molecule has 3 aliphatic rings. The molecule has 4 nitrogen and oxygen atoms in total. The monoisotopic (exact) mass is 643 g/mol. The Hall–Kier alpha value is -1.82. The molecule has 0 aromatic heterocycles. The Balaban J connectivity index is 1.46. The van der Waals surface area contributed by atoms with Gasteiger partial charge in [-0.25, -0.2) is 22.0 Å². The van der Waals surface area contributed by atoms with Gasteiger partial charge in [-0.15, -0.1) is 11.8 Å². The van der Waals surface area contributed by atoms with Crippen LogP contribution in [0, 0.1) is 17.2 Å². The molecule has 2 fully saturated rings. The molecule has 2 aromatic rings. The van der Waals surface area contributed by atoms with Gasteiger partial charge in [-0.05, 0) is 73.9 Å². The highest BCUT2D eigenvalue weighted by Crippen LogP contribution is 2.72. The lowest BCUT2D eigenvalue weighted by atomic mass is 9.50. The first-order valence-electron chi connectivity index (χ1n) is 13.4. The van der Waals surface area contributed by atoms with E-state index in [0.717, 1.165) is 25.1 Å².